The summed E-state index contributed by atoms with van der Waals surface area (Å²) in [6.45, 7) is 4.18. The number of phenols is 2. The van der Waals surface area contributed by atoms with E-state index in [1.165, 1.54) is 0 Å². The van der Waals surface area contributed by atoms with E-state index in [9.17, 15) is 10.2 Å². The van der Waals surface area contributed by atoms with Crippen LogP contribution in [0.25, 0.3) is 0 Å². The second kappa shape index (κ2) is 4.19. The van der Waals surface area contributed by atoms with E-state index in [0.29, 0.717) is 11.0 Å². The molecule has 1 rings (SSSR count). The maximum absolute atomic E-state index is 9.74. The highest BCUT2D eigenvalue weighted by Gasteiger charge is 2.16. The predicted molar refractivity (Wildman–Crippen MR) is 59.7 cm³/mol. The third-order valence-corrected chi connectivity index (χ3v) is 3.07. The molecule has 0 bridgehead atoms. The van der Waals surface area contributed by atoms with Gasteiger partial charge in [0, 0.05) is 0 Å². The molecular weight excluding hydrogens is 246 g/mol. The zero-order chi connectivity index (χ0) is 10.9. The summed E-state index contributed by atoms with van der Waals surface area (Å²) < 4.78 is 0.341. The Labute approximate surface area is 91.7 Å². The Morgan fingerprint density at radius 2 is 2.00 bits per heavy atom. The first-order chi connectivity index (χ1) is 6.49. The Morgan fingerprint density at radius 1 is 1.43 bits per heavy atom. The highest BCUT2D eigenvalue weighted by Crippen LogP contribution is 2.40. The molecule has 0 saturated heterocycles. The predicted octanol–water partition coefficient (Wildman–Crippen LogP) is 2.23. The van der Waals surface area contributed by atoms with Crippen molar-refractivity contribution < 1.29 is 10.2 Å². The van der Waals surface area contributed by atoms with Crippen LogP contribution < -0.4 is 5.73 Å². The highest BCUT2D eigenvalue weighted by atomic mass is 79.9. The van der Waals surface area contributed by atoms with E-state index in [2.05, 4.69) is 15.9 Å². The molecule has 0 aromatic heterocycles. The molecule has 14 heavy (non-hydrogen) atoms. The third kappa shape index (κ3) is 1.86. The normalized spacial score (nSPS) is 12.9. The Hall–Kier alpha value is -0.740. The van der Waals surface area contributed by atoms with Gasteiger partial charge < -0.3 is 15.9 Å². The van der Waals surface area contributed by atoms with Gasteiger partial charge in [0.1, 0.15) is 16.0 Å². The van der Waals surface area contributed by atoms with Crippen molar-refractivity contribution in [2.75, 3.05) is 6.54 Å². The van der Waals surface area contributed by atoms with Gasteiger partial charge in [-0.15, -0.1) is 0 Å². The second-order valence-corrected chi connectivity index (χ2v) is 4.22. The average Bonchev–Trinajstić information content (AvgIpc) is 2.19. The molecular formula is C10H14BrNO2. The fourth-order valence-electron chi connectivity index (χ4n) is 1.28. The summed E-state index contributed by atoms with van der Waals surface area (Å²) in [5.74, 6) is 0.229. The van der Waals surface area contributed by atoms with Crippen LogP contribution in [0.5, 0.6) is 11.5 Å². The molecule has 4 N–H and O–H groups in total. The molecule has 0 aliphatic heterocycles. The number of rotatable bonds is 2. The molecule has 78 valence electrons. The van der Waals surface area contributed by atoms with Gasteiger partial charge in [-0.3, -0.25) is 0 Å². The number of halogens is 1. The van der Waals surface area contributed by atoms with Gasteiger partial charge in [0.25, 0.3) is 0 Å². The number of hydrogen-bond acceptors (Lipinski definition) is 3. The minimum Gasteiger partial charge on any atom is -0.506 e. The lowest BCUT2D eigenvalue weighted by Gasteiger charge is -2.14. The highest BCUT2D eigenvalue weighted by molar-refractivity contribution is 9.10. The molecule has 0 heterocycles. The smallest absolute Gasteiger partial charge is 0.137 e. The first-order valence-corrected chi connectivity index (χ1v) is 5.19. The molecule has 0 aliphatic carbocycles. The fraction of sp³-hybridized carbons (Fsp3) is 0.400. The zero-order valence-corrected chi connectivity index (χ0v) is 9.80. The van der Waals surface area contributed by atoms with Crippen LogP contribution >= 0.6 is 15.9 Å². The van der Waals surface area contributed by atoms with Gasteiger partial charge in [0.05, 0.1) is 0 Å². The molecule has 0 spiro atoms. The summed E-state index contributed by atoms with van der Waals surface area (Å²) in [6.07, 6.45) is 0. The molecule has 0 radical (unpaired) electrons. The monoisotopic (exact) mass is 259 g/mol. The number of phenolic OH excluding ortho intramolecular Hbond substituents is 2. The van der Waals surface area contributed by atoms with Crippen LogP contribution in [0.2, 0.25) is 0 Å². The van der Waals surface area contributed by atoms with Gasteiger partial charge in [-0.1, -0.05) is 6.92 Å². The third-order valence-electron chi connectivity index (χ3n) is 2.32. The van der Waals surface area contributed by atoms with E-state index in [0.717, 1.165) is 11.1 Å². The summed E-state index contributed by atoms with van der Waals surface area (Å²) in [7, 11) is 0. The van der Waals surface area contributed by atoms with Gasteiger partial charge in [-0.05, 0) is 52.5 Å². The van der Waals surface area contributed by atoms with Crippen LogP contribution in [0.15, 0.2) is 10.5 Å². The van der Waals surface area contributed by atoms with Crippen LogP contribution in [0.4, 0.5) is 0 Å². The summed E-state index contributed by atoms with van der Waals surface area (Å²) in [4.78, 5) is 0. The molecule has 0 amide bonds. The largest absolute Gasteiger partial charge is 0.506 e. The van der Waals surface area contributed by atoms with Crippen LogP contribution in [0.3, 0.4) is 0 Å². The van der Waals surface area contributed by atoms with Gasteiger partial charge in [-0.25, -0.2) is 0 Å². The lowest BCUT2D eigenvalue weighted by atomic mass is 9.98. The Balaban J connectivity index is 3.33. The van der Waals surface area contributed by atoms with Gasteiger partial charge in [-0.2, -0.15) is 0 Å². The summed E-state index contributed by atoms with van der Waals surface area (Å²) >= 11 is 3.14. The van der Waals surface area contributed by atoms with Gasteiger partial charge in [0.15, 0.2) is 0 Å². The van der Waals surface area contributed by atoms with E-state index < -0.39 is 0 Å². The molecule has 1 aromatic rings. The van der Waals surface area contributed by atoms with Crippen LogP contribution in [0, 0.1) is 6.92 Å². The van der Waals surface area contributed by atoms with Crippen molar-refractivity contribution in [3.63, 3.8) is 0 Å². The lowest BCUT2D eigenvalue weighted by molar-refractivity contribution is 0.434. The molecule has 0 saturated carbocycles. The standard InChI is InChI=1S/C10H14BrNO2/c1-5-3-7(6(2)4-12)10(14)8(11)9(5)13/h3,6,13-14H,4,12H2,1-2H3. The molecule has 1 aromatic carbocycles. The van der Waals surface area contributed by atoms with E-state index in [4.69, 9.17) is 5.73 Å². The van der Waals surface area contributed by atoms with E-state index in [1.807, 2.05) is 6.92 Å². The SMILES string of the molecule is Cc1cc(C(C)CN)c(O)c(Br)c1O. The topological polar surface area (TPSA) is 66.5 Å². The van der Waals surface area contributed by atoms with E-state index >= 15 is 0 Å². The van der Waals surface area contributed by atoms with Crippen molar-refractivity contribution in [2.45, 2.75) is 19.8 Å². The fourth-order valence-corrected chi connectivity index (χ4v) is 1.83. The van der Waals surface area contributed by atoms with Crippen molar-refractivity contribution >= 4 is 15.9 Å². The van der Waals surface area contributed by atoms with Gasteiger partial charge >= 0.3 is 0 Å². The molecule has 1 unspecified atom stereocenters. The van der Waals surface area contributed by atoms with Crippen LogP contribution in [0.1, 0.15) is 24.0 Å². The van der Waals surface area contributed by atoms with Crippen molar-refractivity contribution in [1.82, 2.24) is 0 Å². The van der Waals surface area contributed by atoms with E-state index in [-0.39, 0.29) is 17.4 Å². The first-order valence-electron chi connectivity index (χ1n) is 4.40. The quantitative estimate of drug-likeness (QED) is 0.763. The Morgan fingerprint density at radius 3 is 2.50 bits per heavy atom. The summed E-state index contributed by atoms with van der Waals surface area (Å²) in [6, 6.07) is 1.76. The Bertz CT molecular complexity index is 352. The van der Waals surface area contributed by atoms with Crippen molar-refractivity contribution in [3.05, 3.63) is 21.7 Å². The molecule has 0 fully saturated rings. The summed E-state index contributed by atoms with van der Waals surface area (Å²) in [5, 5.41) is 19.3. The summed E-state index contributed by atoms with van der Waals surface area (Å²) in [5.41, 5.74) is 7.01. The molecule has 1 atom stereocenters. The Kier molecular flexibility index (Phi) is 3.39. The number of aromatic hydroxyl groups is 2. The zero-order valence-electron chi connectivity index (χ0n) is 8.21. The minimum atomic E-state index is 0.0746. The minimum absolute atomic E-state index is 0.0746. The lowest BCUT2D eigenvalue weighted by Crippen LogP contribution is -2.09. The maximum atomic E-state index is 9.74. The maximum Gasteiger partial charge on any atom is 0.137 e. The first kappa shape index (κ1) is 11.3. The molecule has 3 nitrogen and oxygen atoms in total. The van der Waals surface area contributed by atoms with Crippen molar-refractivity contribution in [1.29, 1.82) is 0 Å². The molecule has 0 aliphatic rings. The van der Waals surface area contributed by atoms with Gasteiger partial charge in [0.2, 0.25) is 0 Å². The van der Waals surface area contributed by atoms with Crippen molar-refractivity contribution in [2.24, 2.45) is 5.73 Å². The second-order valence-electron chi connectivity index (χ2n) is 3.43. The molecule has 4 heteroatoms. The van der Waals surface area contributed by atoms with Crippen LogP contribution in [-0.4, -0.2) is 16.8 Å². The average molecular weight is 260 g/mol. The van der Waals surface area contributed by atoms with E-state index in [1.54, 1.807) is 13.0 Å². The number of nitrogens with two attached hydrogens (primary N) is 1. The number of hydrogen-bond donors (Lipinski definition) is 3. The van der Waals surface area contributed by atoms with Crippen LogP contribution in [-0.2, 0) is 0 Å². The number of benzene rings is 1. The number of aryl methyl sites for hydroxylation is 1. The van der Waals surface area contributed by atoms with Crippen molar-refractivity contribution in [3.8, 4) is 11.5 Å².